The van der Waals surface area contributed by atoms with Gasteiger partial charge in [0.1, 0.15) is 23.0 Å². The highest BCUT2D eigenvalue weighted by Gasteiger charge is 2.27. The third-order valence-corrected chi connectivity index (χ3v) is 5.58. The van der Waals surface area contributed by atoms with Crippen molar-refractivity contribution in [1.82, 2.24) is 0 Å². The molecule has 0 atom stereocenters. The van der Waals surface area contributed by atoms with Crippen molar-refractivity contribution in [2.24, 2.45) is 5.92 Å². The zero-order valence-corrected chi connectivity index (χ0v) is 19.0. The molecule has 2 aromatic rings. The highest BCUT2D eigenvalue weighted by atomic mass is 79.9. The van der Waals surface area contributed by atoms with Crippen LogP contribution in [0.25, 0.3) is 0 Å². The number of ether oxygens (including phenoxy) is 4. The van der Waals surface area contributed by atoms with E-state index < -0.39 is 0 Å². The van der Waals surface area contributed by atoms with E-state index >= 15 is 0 Å². The molecule has 4 nitrogen and oxygen atoms in total. The molecule has 142 valence electrons. The number of rotatable bonds is 7. The predicted octanol–water partition coefficient (Wildman–Crippen LogP) is 6.03. The average Bonchev–Trinajstić information content (AvgIpc) is 2.62. The van der Waals surface area contributed by atoms with E-state index in [2.05, 4.69) is 57.8 Å². The van der Waals surface area contributed by atoms with Crippen LogP contribution < -0.4 is 18.9 Å². The summed E-state index contributed by atoms with van der Waals surface area (Å²) in [7, 11) is 6.63. The molecule has 0 fully saturated rings. The maximum Gasteiger partial charge on any atom is 0.136 e. The topological polar surface area (TPSA) is 36.9 Å². The summed E-state index contributed by atoms with van der Waals surface area (Å²) < 4.78 is 23.9. The molecule has 2 aromatic carbocycles. The largest absolute Gasteiger partial charge is 0.496 e. The van der Waals surface area contributed by atoms with E-state index in [1.165, 1.54) is 0 Å². The number of hydrogen-bond donors (Lipinski definition) is 0. The lowest BCUT2D eigenvalue weighted by Gasteiger charge is -2.27. The Kier molecular flexibility index (Phi) is 7.24. The minimum absolute atomic E-state index is 0.0595. The van der Waals surface area contributed by atoms with Gasteiger partial charge in [0, 0.05) is 29.2 Å². The Morgan fingerprint density at radius 3 is 1.23 bits per heavy atom. The van der Waals surface area contributed by atoms with Gasteiger partial charge in [-0.2, -0.15) is 0 Å². The van der Waals surface area contributed by atoms with E-state index in [4.69, 9.17) is 18.9 Å². The van der Waals surface area contributed by atoms with Crippen LogP contribution in [0, 0.1) is 5.92 Å². The summed E-state index contributed by atoms with van der Waals surface area (Å²) >= 11 is 7.18. The van der Waals surface area contributed by atoms with Crippen LogP contribution in [0.5, 0.6) is 23.0 Å². The number of halogens is 2. The first kappa shape index (κ1) is 20.9. The van der Waals surface area contributed by atoms with Crippen LogP contribution in [0.4, 0.5) is 0 Å². The fraction of sp³-hybridized carbons (Fsp3) is 0.400. The van der Waals surface area contributed by atoms with E-state index in [0.717, 1.165) is 43.1 Å². The van der Waals surface area contributed by atoms with Gasteiger partial charge in [0.05, 0.1) is 37.4 Å². The van der Waals surface area contributed by atoms with Gasteiger partial charge in [-0.15, -0.1) is 0 Å². The van der Waals surface area contributed by atoms with Crippen molar-refractivity contribution < 1.29 is 18.9 Å². The molecule has 0 aromatic heterocycles. The minimum Gasteiger partial charge on any atom is -0.496 e. The summed E-state index contributed by atoms with van der Waals surface area (Å²) in [5.41, 5.74) is 2.12. The van der Waals surface area contributed by atoms with Crippen LogP contribution in [-0.2, 0) is 0 Å². The highest BCUT2D eigenvalue weighted by molar-refractivity contribution is 9.10. The Hall–Kier alpha value is -1.40. The molecule has 6 heteroatoms. The van der Waals surface area contributed by atoms with Crippen LogP contribution in [0.3, 0.4) is 0 Å². The van der Waals surface area contributed by atoms with Gasteiger partial charge >= 0.3 is 0 Å². The molecule has 0 radical (unpaired) electrons. The van der Waals surface area contributed by atoms with E-state index in [1.54, 1.807) is 28.4 Å². The Balaban J connectivity index is 2.72. The average molecular weight is 488 g/mol. The van der Waals surface area contributed by atoms with Crippen LogP contribution >= 0.6 is 31.9 Å². The van der Waals surface area contributed by atoms with Gasteiger partial charge in [0.15, 0.2) is 0 Å². The van der Waals surface area contributed by atoms with Gasteiger partial charge in [-0.3, -0.25) is 0 Å². The zero-order valence-electron chi connectivity index (χ0n) is 15.9. The standard InChI is InChI=1S/C20H24Br2O4/c1-11(2)20(12-7-14(21)18(25-5)9-16(12)23-3)13-8-15(22)19(26-6)10-17(13)24-4/h7-11,20H,1-6H3. The Morgan fingerprint density at radius 1 is 0.615 bits per heavy atom. The summed E-state index contributed by atoms with van der Waals surface area (Å²) in [4.78, 5) is 0. The van der Waals surface area contributed by atoms with Gasteiger partial charge in [0.2, 0.25) is 0 Å². The molecule has 0 saturated heterocycles. The molecule has 0 aliphatic heterocycles. The number of benzene rings is 2. The first-order valence-electron chi connectivity index (χ1n) is 8.20. The Morgan fingerprint density at radius 2 is 0.962 bits per heavy atom. The summed E-state index contributed by atoms with van der Waals surface area (Å²) in [6.07, 6.45) is 0. The molecule has 2 rings (SSSR count). The van der Waals surface area contributed by atoms with Gasteiger partial charge in [-0.1, -0.05) is 13.8 Å². The summed E-state index contributed by atoms with van der Waals surface area (Å²) in [6, 6.07) is 7.92. The molecule has 0 unspecified atom stereocenters. The third kappa shape index (κ3) is 4.12. The molecule has 0 aliphatic rings. The molecular formula is C20H24Br2O4. The van der Waals surface area contributed by atoms with E-state index in [1.807, 2.05) is 12.1 Å². The maximum absolute atomic E-state index is 5.67. The number of hydrogen-bond acceptors (Lipinski definition) is 4. The van der Waals surface area contributed by atoms with Crippen molar-refractivity contribution in [1.29, 1.82) is 0 Å². The quantitative estimate of drug-likeness (QED) is 0.477. The molecule has 0 amide bonds. The van der Waals surface area contributed by atoms with E-state index in [-0.39, 0.29) is 5.92 Å². The van der Waals surface area contributed by atoms with Gasteiger partial charge < -0.3 is 18.9 Å². The second-order valence-corrected chi connectivity index (χ2v) is 7.89. The smallest absolute Gasteiger partial charge is 0.136 e. The normalized spacial score (nSPS) is 11.0. The molecular weight excluding hydrogens is 464 g/mol. The lowest BCUT2D eigenvalue weighted by atomic mass is 9.81. The van der Waals surface area contributed by atoms with Crippen LogP contribution in [0.15, 0.2) is 33.2 Å². The van der Waals surface area contributed by atoms with Crippen molar-refractivity contribution in [3.05, 3.63) is 44.3 Å². The zero-order chi connectivity index (χ0) is 19.4. The van der Waals surface area contributed by atoms with Gasteiger partial charge in [-0.05, 0) is 49.9 Å². The fourth-order valence-corrected chi connectivity index (χ4v) is 4.18. The first-order chi connectivity index (χ1) is 12.4. The molecule has 26 heavy (non-hydrogen) atoms. The lowest BCUT2D eigenvalue weighted by molar-refractivity contribution is 0.375. The second kappa shape index (κ2) is 9.00. The van der Waals surface area contributed by atoms with Crippen molar-refractivity contribution >= 4 is 31.9 Å². The van der Waals surface area contributed by atoms with Gasteiger partial charge in [0.25, 0.3) is 0 Å². The lowest BCUT2D eigenvalue weighted by Crippen LogP contribution is -2.12. The van der Waals surface area contributed by atoms with Crippen molar-refractivity contribution in [3.8, 4) is 23.0 Å². The molecule has 0 heterocycles. The maximum atomic E-state index is 5.67. The monoisotopic (exact) mass is 486 g/mol. The Bertz CT molecular complexity index is 713. The van der Waals surface area contributed by atoms with Crippen LogP contribution in [0.1, 0.15) is 30.9 Å². The van der Waals surface area contributed by atoms with Crippen molar-refractivity contribution in [2.75, 3.05) is 28.4 Å². The van der Waals surface area contributed by atoms with Crippen LogP contribution in [-0.4, -0.2) is 28.4 Å². The highest BCUT2D eigenvalue weighted by Crippen LogP contribution is 2.46. The molecule has 0 N–H and O–H groups in total. The van der Waals surface area contributed by atoms with Crippen LogP contribution in [0.2, 0.25) is 0 Å². The van der Waals surface area contributed by atoms with Crippen molar-refractivity contribution in [3.63, 3.8) is 0 Å². The molecule has 0 saturated carbocycles. The Labute approximate surface area is 172 Å². The third-order valence-electron chi connectivity index (χ3n) is 4.35. The minimum atomic E-state index is 0.0595. The number of methoxy groups -OCH3 is 4. The molecule has 0 bridgehead atoms. The molecule has 0 spiro atoms. The predicted molar refractivity (Wildman–Crippen MR) is 111 cm³/mol. The summed E-state index contributed by atoms with van der Waals surface area (Å²) in [5.74, 6) is 3.38. The van der Waals surface area contributed by atoms with Crippen molar-refractivity contribution in [2.45, 2.75) is 19.8 Å². The second-order valence-electron chi connectivity index (χ2n) is 6.18. The van der Waals surface area contributed by atoms with Gasteiger partial charge in [-0.25, -0.2) is 0 Å². The SMILES string of the molecule is COc1cc(OC)c(C(c2cc(Br)c(OC)cc2OC)C(C)C)cc1Br. The summed E-state index contributed by atoms with van der Waals surface area (Å²) in [6.45, 7) is 4.36. The fourth-order valence-electron chi connectivity index (χ4n) is 3.14. The molecule has 0 aliphatic carbocycles. The van der Waals surface area contributed by atoms with E-state index in [0.29, 0.717) is 5.92 Å². The summed E-state index contributed by atoms with van der Waals surface area (Å²) in [5, 5.41) is 0. The first-order valence-corrected chi connectivity index (χ1v) is 9.79. The van der Waals surface area contributed by atoms with E-state index in [9.17, 15) is 0 Å².